The van der Waals surface area contributed by atoms with Crippen LogP contribution in [0.4, 0.5) is 0 Å². The SMILES string of the molecule is O=C(O)[C@@H]1CCCN(C(=O)[C@@H]2C[C@@H]2c2cccc(Br)c2)C1. The Labute approximate surface area is 132 Å². The number of hydrogen-bond donors (Lipinski definition) is 1. The first-order chi connectivity index (χ1) is 10.1. The maximum Gasteiger partial charge on any atom is 0.308 e. The Morgan fingerprint density at radius 3 is 2.86 bits per heavy atom. The molecule has 2 fully saturated rings. The second kappa shape index (κ2) is 5.79. The summed E-state index contributed by atoms with van der Waals surface area (Å²) in [6.07, 6.45) is 2.35. The highest BCUT2D eigenvalue weighted by Gasteiger charge is 2.46. The summed E-state index contributed by atoms with van der Waals surface area (Å²) in [5.41, 5.74) is 1.19. The molecule has 0 unspecified atom stereocenters. The van der Waals surface area contributed by atoms with E-state index >= 15 is 0 Å². The maximum atomic E-state index is 12.5. The average Bonchev–Trinajstić information content (AvgIpc) is 3.27. The summed E-state index contributed by atoms with van der Waals surface area (Å²) in [5, 5.41) is 9.11. The molecule has 1 aliphatic carbocycles. The molecule has 3 rings (SSSR count). The quantitative estimate of drug-likeness (QED) is 0.910. The number of carboxylic acids is 1. The van der Waals surface area contributed by atoms with Crippen molar-refractivity contribution in [2.75, 3.05) is 13.1 Å². The molecule has 1 aromatic carbocycles. The Morgan fingerprint density at radius 1 is 1.33 bits per heavy atom. The fraction of sp³-hybridized carbons (Fsp3) is 0.500. The number of rotatable bonds is 3. The molecule has 0 radical (unpaired) electrons. The average molecular weight is 352 g/mol. The van der Waals surface area contributed by atoms with E-state index in [2.05, 4.69) is 28.1 Å². The van der Waals surface area contributed by atoms with Crippen molar-refractivity contribution in [2.24, 2.45) is 11.8 Å². The fourth-order valence-corrected chi connectivity index (χ4v) is 3.60. The molecular weight excluding hydrogens is 334 g/mol. The van der Waals surface area contributed by atoms with Gasteiger partial charge in [-0.1, -0.05) is 28.1 Å². The molecule has 112 valence electrons. The van der Waals surface area contributed by atoms with Crippen molar-refractivity contribution in [3.63, 3.8) is 0 Å². The van der Waals surface area contributed by atoms with Crippen LogP contribution < -0.4 is 0 Å². The zero-order chi connectivity index (χ0) is 15.0. The lowest BCUT2D eigenvalue weighted by Crippen LogP contribution is -2.43. The molecule has 21 heavy (non-hydrogen) atoms. The second-order valence-corrected chi connectivity index (χ2v) is 6.88. The number of amides is 1. The number of piperidine rings is 1. The van der Waals surface area contributed by atoms with Gasteiger partial charge in [-0.05, 0) is 42.9 Å². The number of likely N-dealkylation sites (tertiary alicyclic amines) is 1. The Kier molecular flexibility index (Phi) is 4.02. The zero-order valence-electron chi connectivity index (χ0n) is 11.7. The van der Waals surface area contributed by atoms with Crippen LogP contribution in [0.5, 0.6) is 0 Å². The molecule has 4 nitrogen and oxygen atoms in total. The lowest BCUT2D eigenvalue weighted by molar-refractivity contribution is -0.146. The van der Waals surface area contributed by atoms with Gasteiger partial charge in [0.2, 0.25) is 5.91 Å². The molecule has 1 saturated heterocycles. The van der Waals surface area contributed by atoms with E-state index in [0.29, 0.717) is 25.4 Å². The molecule has 1 aromatic rings. The summed E-state index contributed by atoms with van der Waals surface area (Å²) in [6, 6.07) is 8.08. The molecule has 5 heteroatoms. The molecule has 1 saturated carbocycles. The largest absolute Gasteiger partial charge is 0.481 e. The first-order valence-corrected chi connectivity index (χ1v) is 8.12. The van der Waals surface area contributed by atoms with E-state index in [1.807, 2.05) is 12.1 Å². The van der Waals surface area contributed by atoms with Gasteiger partial charge in [0.25, 0.3) is 0 Å². The van der Waals surface area contributed by atoms with Gasteiger partial charge >= 0.3 is 5.97 Å². The monoisotopic (exact) mass is 351 g/mol. The van der Waals surface area contributed by atoms with E-state index in [0.717, 1.165) is 17.3 Å². The van der Waals surface area contributed by atoms with Crippen molar-refractivity contribution in [1.82, 2.24) is 4.90 Å². The predicted octanol–water partition coefficient (Wildman–Crippen LogP) is 2.88. The summed E-state index contributed by atoms with van der Waals surface area (Å²) in [5.74, 6) is -0.726. The molecule has 2 aliphatic rings. The number of carbonyl (C=O) groups is 2. The van der Waals surface area contributed by atoms with Crippen LogP contribution >= 0.6 is 15.9 Å². The third-order valence-corrected chi connectivity index (χ3v) is 4.96. The fourth-order valence-electron chi connectivity index (χ4n) is 3.19. The van der Waals surface area contributed by atoms with Gasteiger partial charge in [0.15, 0.2) is 0 Å². The highest BCUT2D eigenvalue weighted by molar-refractivity contribution is 9.10. The highest BCUT2D eigenvalue weighted by atomic mass is 79.9. The van der Waals surface area contributed by atoms with Gasteiger partial charge in [0, 0.05) is 23.5 Å². The van der Waals surface area contributed by atoms with Crippen LogP contribution in [0.15, 0.2) is 28.7 Å². The third kappa shape index (κ3) is 3.12. The van der Waals surface area contributed by atoms with Crippen LogP contribution in [-0.2, 0) is 9.59 Å². The topological polar surface area (TPSA) is 57.6 Å². The predicted molar refractivity (Wildman–Crippen MR) is 81.9 cm³/mol. The number of benzene rings is 1. The lowest BCUT2D eigenvalue weighted by atomic mass is 9.97. The van der Waals surface area contributed by atoms with Crippen molar-refractivity contribution in [3.8, 4) is 0 Å². The van der Waals surface area contributed by atoms with Gasteiger partial charge in [0.1, 0.15) is 0 Å². The summed E-state index contributed by atoms with van der Waals surface area (Å²) in [4.78, 5) is 25.4. The number of halogens is 1. The molecular formula is C16H18BrNO3. The van der Waals surface area contributed by atoms with Crippen LogP contribution in [0.2, 0.25) is 0 Å². The van der Waals surface area contributed by atoms with Gasteiger partial charge in [-0.2, -0.15) is 0 Å². The van der Waals surface area contributed by atoms with Gasteiger partial charge in [-0.25, -0.2) is 0 Å². The minimum atomic E-state index is -0.785. The van der Waals surface area contributed by atoms with Crippen molar-refractivity contribution < 1.29 is 14.7 Å². The number of nitrogens with zero attached hydrogens (tertiary/aromatic N) is 1. The number of aliphatic carboxylic acids is 1. The van der Waals surface area contributed by atoms with E-state index in [4.69, 9.17) is 5.11 Å². The van der Waals surface area contributed by atoms with Crippen LogP contribution in [0.3, 0.4) is 0 Å². The number of carboxylic acid groups (broad SMARTS) is 1. The third-order valence-electron chi connectivity index (χ3n) is 4.47. The molecule has 0 spiro atoms. The van der Waals surface area contributed by atoms with E-state index < -0.39 is 11.9 Å². The number of carbonyl (C=O) groups excluding carboxylic acids is 1. The Morgan fingerprint density at radius 2 is 2.14 bits per heavy atom. The first-order valence-electron chi connectivity index (χ1n) is 7.33. The normalized spacial score (nSPS) is 28.2. The van der Waals surface area contributed by atoms with Gasteiger partial charge in [-0.3, -0.25) is 9.59 Å². The summed E-state index contributed by atoms with van der Waals surface area (Å²) in [6.45, 7) is 1.07. The standard InChI is InChI=1S/C16H18BrNO3/c17-12-5-1-3-10(7-12)13-8-14(13)15(19)18-6-2-4-11(9-18)16(20)21/h1,3,5,7,11,13-14H,2,4,6,8-9H2,(H,20,21)/t11-,13-,14-/m1/s1. The first kappa shape index (κ1) is 14.6. The minimum absolute atomic E-state index is 0.0341. The van der Waals surface area contributed by atoms with Gasteiger partial charge < -0.3 is 10.0 Å². The molecule has 1 amide bonds. The Balaban J connectivity index is 1.63. The van der Waals surface area contributed by atoms with E-state index in [9.17, 15) is 9.59 Å². The molecule has 1 aliphatic heterocycles. The zero-order valence-corrected chi connectivity index (χ0v) is 13.3. The van der Waals surface area contributed by atoms with E-state index in [1.165, 1.54) is 5.56 Å². The van der Waals surface area contributed by atoms with Crippen LogP contribution in [0.25, 0.3) is 0 Å². The van der Waals surface area contributed by atoms with Crippen molar-refractivity contribution in [3.05, 3.63) is 34.3 Å². The Bertz CT molecular complexity index is 574. The molecule has 0 bridgehead atoms. The van der Waals surface area contributed by atoms with Crippen molar-refractivity contribution in [2.45, 2.75) is 25.2 Å². The van der Waals surface area contributed by atoms with Crippen LogP contribution in [0.1, 0.15) is 30.7 Å². The molecule has 0 aromatic heterocycles. The van der Waals surface area contributed by atoms with Crippen molar-refractivity contribution in [1.29, 1.82) is 0 Å². The summed E-state index contributed by atoms with van der Waals surface area (Å²) in [7, 11) is 0. The maximum absolute atomic E-state index is 12.5. The smallest absolute Gasteiger partial charge is 0.308 e. The molecule has 1 N–H and O–H groups in total. The summed E-state index contributed by atoms with van der Waals surface area (Å²) < 4.78 is 1.03. The van der Waals surface area contributed by atoms with E-state index in [-0.39, 0.29) is 11.8 Å². The van der Waals surface area contributed by atoms with Crippen LogP contribution in [-0.4, -0.2) is 35.0 Å². The Hall–Kier alpha value is -1.36. The second-order valence-electron chi connectivity index (χ2n) is 5.97. The molecule has 1 heterocycles. The van der Waals surface area contributed by atoms with Crippen LogP contribution in [0, 0.1) is 11.8 Å². The highest BCUT2D eigenvalue weighted by Crippen LogP contribution is 2.49. The molecule has 3 atom stereocenters. The van der Waals surface area contributed by atoms with Gasteiger partial charge in [-0.15, -0.1) is 0 Å². The summed E-state index contributed by atoms with van der Waals surface area (Å²) >= 11 is 3.45. The van der Waals surface area contributed by atoms with E-state index in [1.54, 1.807) is 4.90 Å². The number of hydrogen-bond acceptors (Lipinski definition) is 2. The lowest BCUT2D eigenvalue weighted by Gasteiger charge is -2.31. The van der Waals surface area contributed by atoms with Gasteiger partial charge in [0.05, 0.1) is 5.92 Å². The minimum Gasteiger partial charge on any atom is -0.481 e. The van der Waals surface area contributed by atoms with Crippen molar-refractivity contribution >= 4 is 27.8 Å².